The van der Waals surface area contributed by atoms with Crippen LogP contribution in [0.1, 0.15) is 39.7 Å². The third-order valence-electron chi connectivity index (χ3n) is 7.04. The Hall–Kier alpha value is -3.45. The highest BCUT2D eigenvalue weighted by Crippen LogP contribution is 2.60. The fourth-order valence-corrected chi connectivity index (χ4v) is 6.16. The molecule has 0 saturated carbocycles. The van der Waals surface area contributed by atoms with E-state index < -0.39 is 11.8 Å². The van der Waals surface area contributed by atoms with Gasteiger partial charge in [0.1, 0.15) is 11.5 Å². The molecule has 1 heterocycles. The monoisotopic (exact) mass is 502 g/mol. The van der Waals surface area contributed by atoms with E-state index in [0.717, 1.165) is 27.3 Å². The van der Waals surface area contributed by atoms with E-state index in [4.69, 9.17) is 4.74 Å². The lowest BCUT2D eigenvalue weighted by molar-refractivity contribution is -0.139. The van der Waals surface area contributed by atoms with Crippen molar-refractivity contribution in [3.05, 3.63) is 93.0 Å². The van der Waals surface area contributed by atoms with Crippen molar-refractivity contribution < 1.29 is 19.4 Å². The molecule has 7 rings (SSSR count). The highest BCUT2D eigenvalue weighted by molar-refractivity contribution is 9.10. The van der Waals surface area contributed by atoms with Crippen molar-refractivity contribution in [2.75, 3.05) is 7.11 Å². The molecule has 6 nitrogen and oxygen atoms in total. The largest absolute Gasteiger partial charge is 0.506 e. The minimum atomic E-state index is -0.491. The summed E-state index contributed by atoms with van der Waals surface area (Å²) in [7, 11) is 1.52. The van der Waals surface area contributed by atoms with Crippen LogP contribution in [0.2, 0.25) is 0 Å². The maximum Gasteiger partial charge on any atom is 0.254 e. The van der Waals surface area contributed by atoms with Crippen molar-refractivity contribution in [1.29, 1.82) is 0 Å². The Morgan fingerprint density at radius 2 is 1.39 bits per heavy atom. The number of carbonyl (C=O) groups excluding carboxylic acids is 2. The highest BCUT2D eigenvalue weighted by Gasteiger charge is 2.61. The Morgan fingerprint density at radius 3 is 1.85 bits per heavy atom. The number of nitrogens with zero attached hydrogens (tertiary/aromatic N) is 2. The quantitative estimate of drug-likeness (QED) is 0.425. The first-order valence-electron chi connectivity index (χ1n) is 10.7. The van der Waals surface area contributed by atoms with Crippen LogP contribution < -0.4 is 4.74 Å². The summed E-state index contributed by atoms with van der Waals surface area (Å²) in [4.78, 5) is 27.1. The van der Waals surface area contributed by atoms with E-state index in [-0.39, 0.29) is 29.4 Å². The fourth-order valence-electron chi connectivity index (χ4n) is 5.71. The van der Waals surface area contributed by atoms with Gasteiger partial charge in [0, 0.05) is 17.4 Å². The first kappa shape index (κ1) is 20.2. The lowest BCUT2D eigenvalue weighted by Crippen LogP contribution is -2.41. The summed E-state index contributed by atoms with van der Waals surface area (Å²) in [5.74, 6) is -1.48. The average molecular weight is 503 g/mol. The second-order valence-corrected chi connectivity index (χ2v) is 9.40. The molecular weight excluding hydrogens is 484 g/mol. The number of hydrazone groups is 1. The number of benzene rings is 3. The lowest BCUT2D eigenvalue weighted by atomic mass is 9.55. The number of phenols is 1. The molecule has 164 valence electrons. The summed E-state index contributed by atoms with van der Waals surface area (Å²) in [5, 5.41) is 15.6. The molecule has 1 fully saturated rings. The first-order valence-corrected chi connectivity index (χ1v) is 11.5. The van der Waals surface area contributed by atoms with E-state index in [1.165, 1.54) is 13.3 Å². The van der Waals surface area contributed by atoms with Crippen molar-refractivity contribution in [2.24, 2.45) is 16.9 Å². The fraction of sp³-hybridized carbons (Fsp3) is 0.192. The van der Waals surface area contributed by atoms with Crippen LogP contribution in [0.3, 0.4) is 0 Å². The van der Waals surface area contributed by atoms with Crippen molar-refractivity contribution in [3.8, 4) is 11.5 Å². The smallest absolute Gasteiger partial charge is 0.254 e. The second kappa shape index (κ2) is 7.28. The molecule has 0 unspecified atom stereocenters. The number of aromatic hydroxyl groups is 1. The van der Waals surface area contributed by atoms with Gasteiger partial charge in [0.15, 0.2) is 0 Å². The molecule has 3 aliphatic carbocycles. The van der Waals surface area contributed by atoms with Gasteiger partial charge in [-0.2, -0.15) is 10.1 Å². The van der Waals surface area contributed by atoms with Crippen LogP contribution in [-0.4, -0.2) is 35.3 Å². The Bertz CT molecular complexity index is 1250. The molecule has 1 N–H and O–H groups in total. The number of ether oxygens (including phenoxy) is 1. The molecule has 7 heteroatoms. The number of imide groups is 1. The molecule has 4 aliphatic rings. The van der Waals surface area contributed by atoms with Gasteiger partial charge in [0.05, 0.1) is 29.6 Å². The molecule has 2 bridgehead atoms. The first-order chi connectivity index (χ1) is 16.0. The topological polar surface area (TPSA) is 79.2 Å². The summed E-state index contributed by atoms with van der Waals surface area (Å²) in [6.45, 7) is 0. The molecule has 3 aromatic rings. The summed E-state index contributed by atoms with van der Waals surface area (Å²) in [6.07, 6.45) is 1.33. The Kier molecular flexibility index (Phi) is 4.45. The van der Waals surface area contributed by atoms with Gasteiger partial charge >= 0.3 is 0 Å². The van der Waals surface area contributed by atoms with Gasteiger partial charge in [-0.1, -0.05) is 48.5 Å². The minimum Gasteiger partial charge on any atom is -0.506 e. The van der Waals surface area contributed by atoms with E-state index in [2.05, 4.69) is 45.3 Å². The summed E-state index contributed by atoms with van der Waals surface area (Å²) in [6, 6.07) is 19.4. The summed E-state index contributed by atoms with van der Waals surface area (Å²) < 4.78 is 5.67. The molecular formula is C26H19BrN2O4. The molecule has 0 radical (unpaired) electrons. The zero-order valence-electron chi connectivity index (χ0n) is 17.6. The summed E-state index contributed by atoms with van der Waals surface area (Å²) in [5.41, 5.74) is 4.80. The normalized spacial score (nSPS) is 24.7. The van der Waals surface area contributed by atoms with Crippen LogP contribution >= 0.6 is 15.9 Å². The van der Waals surface area contributed by atoms with Gasteiger partial charge < -0.3 is 9.84 Å². The second-order valence-electron chi connectivity index (χ2n) is 8.54. The lowest BCUT2D eigenvalue weighted by Gasteiger charge is -2.45. The Labute approximate surface area is 198 Å². The van der Waals surface area contributed by atoms with Crippen molar-refractivity contribution in [3.63, 3.8) is 0 Å². The van der Waals surface area contributed by atoms with E-state index >= 15 is 0 Å². The van der Waals surface area contributed by atoms with Gasteiger partial charge in [0.25, 0.3) is 11.8 Å². The minimum absolute atomic E-state index is 0.0454. The Morgan fingerprint density at radius 1 is 0.909 bits per heavy atom. The predicted octanol–water partition coefficient (Wildman–Crippen LogP) is 4.39. The molecule has 33 heavy (non-hydrogen) atoms. The van der Waals surface area contributed by atoms with Crippen LogP contribution in [0.5, 0.6) is 11.5 Å². The molecule has 0 spiro atoms. The maximum atomic E-state index is 13.6. The van der Waals surface area contributed by atoms with Crippen molar-refractivity contribution in [1.82, 2.24) is 5.01 Å². The zero-order valence-corrected chi connectivity index (χ0v) is 19.2. The maximum absolute atomic E-state index is 13.6. The van der Waals surface area contributed by atoms with Crippen molar-refractivity contribution in [2.45, 2.75) is 11.8 Å². The van der Waals surface area contributed by atoms with Crippen LogP contribution in [0.25, 0.3) is 0 Å². The van der Waals surface area contributed by atoms with Gasteiger partial charge in [-0.25, -0.2) is 0 Å². The van der Waals surface area contributed by atoms with Gasteiger partial charge in [-0.05, 0) is 50.3 Å². The van der Waals surface area contributed by atoms with Crippen LogP contribution in [0, 0.1) is 11.8 Å². The zero-order chi connectivity index (χ0) is 22.9. The van der Waals surface area contributed by atoms with E-state index in [1.807, 2.05) is 24.3 Å². The number of halogens is 1. The van der Waals surface area contributed by atoms with Crippen LogP contribution in [0.15, 0.2) is 70.2 Å². The molecule has 0 aromatic heterocycles. The number of rotatable bonds is 3. The molecule has 3 aromatic carbocycles. The van der Waals surface area contributed by atoms with Gasteiger partial charge in [-0.3, -0.25) is 9.59 Å². The summed E-state index contributed by atoms with van der Waals surface area (Å²) >= 11 is 3.28. The molecule has 2 amide bonds. The van der Waals surface area contributed by atoms with Gasteiger partial charge in [-0.15, -0.1) is 0 Å². The third-order valence-corrected chi connectivity index (χ3v) is 7.64. The molecule has 1 saturated heterocycles. The van der Waals surface area contributed by atoms with E-state index in [9.17, 15) is 14.7 Å². The van der Waals surface area contributed by atoms with Crippen LogP contribution in [0.4, 0.5) is 0 Å². The molecule has 1 aliphatic heterocycles. The Balaban J connectivity index is 1.43. The number of carbonyl (C=O) groups is 2. The number of phenolic OH excluding ortho intramolecular Hbond substituents is 1. The van der Waals surface area contributed by atoms with Crippen molar-refractivity contribution >= 4 is 34.0 Å². The highest BCUT2D eigenvalue weighted by atomic mass is 79.9. The number of hydrogen-bond acceptors (Lipinski definition) is 5. The number of hydrogen-bond donors (Lipinski definition) is 1. The molecule has 2 atom stereocenters. The SMILES string of the molecule is COc1cc(Br)c(O)c(/C=N\N2C(=O)[C@@H]3C4c5ccccc5C(c5ccccc54)[C@H]3C2=O)c1. The average Bonchev–Trinajstić information content (AvgIpc) is 3.10. The number of methoxy groups -OCH3 is 1. The van der Waals surface area contributed by atoms with E-state index in [1.54, 1.807) is 12.1 Å². The standard InChI is InChI=1S/C26H19BrN2O4/c1-33-14-10-13(24(30)19(27)11-14)12-28-29-25(31)22-20-15-6-2-3-7-16(15)21(23(22)26(29)32)18-9-5-4-8-17(18)20/h2-12,20-23,30H,1H3/b28-12-/t20?,21?,22-,23-/m1/s1. The third kappa shape index (κ3) is 2.75. The number of amides is 2. The predicted molar refractivity (Wildman–Crippen MR) is 125 cm³/mol. The van der Waals surface area contributed by atoms with Crippen LogP contribution in [-0.2, 0) is 9.59 Å². The van der Waals surface area contributed by atoms with E-state index in [0.29, 0.717) is 15.8 Å². The van der Waals surface area contributed by atoms with Gasteiger partial charge in [0.2, 0.25) is 0 Å².